The summed E-state index contributed by atoms with van der Waals surface area (Å²) in [5.74, 6) is -0.970. The van der Waals surface area contributed by atoms with Gasteiger partial charge in [0.05, 0.1) is 13.7 Å². The number of nitrogens with zero attached hydrogens (tertiary/aromatic N) is 1. The molecule has 3 aromatic carbocycles. The molecule has 186 valence electrons. The van der Waals surface area contributed by atoms with Crippen molar-refractivity contribution in [2.75, 3.05) is 7.11 Å². The number of benzene rings is 3. The van der Waals surface area contributed by atoms with Crippen molar-refractivity contribution in [3.05, 3.63) is 107 Å². The van der Waals surface area contributed by atoms with Gasteiger partial charge in [0.25, 0.3) is 0 Å². The maximum Gasteiger partial charge on any atom is 0.411 e. The maximum absolute atomic E-state index is 13.5. The zero-order valence-electron chi connectivity index (χ0n) is 20.5. The lowest BCUT2D eigenvalue weighted by Crippen LogP contribution is -2.56. The van der Waals surface area contributed by atoms with Crippen LogP contribution in [0.15, 0.2) is 78.9 Å². The molecule has 2 amide bonds. The number of methoxy groups -OCH3 is 1. The number of hydrogen-bond acceptors (Lipinski definition) is 5. The van der Waals surface area contributed by atoms with Crippen molar-refractivity contribution in [1.29, 1.82) is 0 Å². The van der Waals surface area contributed by atoms with Gasteiger partial charge in [0, 0.05) is 12.8 Å². The van der Waals surface area contributed by atoms with Crippen molar-refractivity contribution < 1.29 is 23.9 Å². The molecule has 2 atom stereocenters. The highest BCUT2D eigenvalue weighted by atomic mass is 16.6. The van der Waals surface area contributed by atoms with Crippen molar-refractivity contribution in [2.45, 2.75) is 45.0 Å². The van der Waals surface area contributed by atoms with Crippen LogP contribution in [0.2, 0.25) is 0 Å². The molecule has 0 spiro atoms. The summed E-state index contributed by atoms with van der Waals surface area (Å²) < 4.78 is 10.5. The number of nitrogens with one attached hydrogen (secondary N) is 1. The summed E-state index contributed by atoms with van der Waals surface area (Å²) in [6.07, 6.45) is 0.0167. The molecule has 1 N–H and O–H groups in total. The van der Waals surface area contributed by atoms with Crippen molar-refractivity contribution in [3.8, 4) is 0 Å². The van der Waals surface area contributed by atoms with Crippen LogP contribution in [-0.2, 0) is 45.1 Å². The number of fused-ring (bicyclic) bond motifs is 1. The highest BCUT2D eigenvalue weighted by molar-refractivity contribution is 5.90. The Morgan fingerprint density at radius 2 is 1.58 bits per heavy atom. The van der Waals surface area contributed by atoms with Gasteiger partial charge in [-0.15, -0.1) is 0 Å². The van der Waals surface area contributed by atoms with Crippen LogP contribution in [-0.4, -0.2) is 42.1 Å². The van der Waals surface area contributed by atoms with Crippen LogP contribution in [0.3, 0.4) is 0 Å². The van der Waals surface area contributed by atoms with E-state index in [-0.39, 0.29) is 19.6 Å². The first kappa shape index (κ1) is 25.0. The molecule has 3 aromatic rings. The molecule has 7 heteroatoms. The first-order chi connectivity index (χ1) is 17.4. The van der Waals surface area contributed by atoms with E-state index < -0.39 is 30.1 Å². The van der Waals surface area contributed by atoms with Gasteiger partial charge in [-0.1, -0.05) is 84.4 Å². The minimum Gasteiger partial charge on any atom is -0.467 e. The van der Waals surface area contributed by atoms with E-state index in [1.807, 2.05) is 85.8 Å². The Labute approximate surface area is 211 Å². The SMILES string of the molecule is COC(=O)[C@@H](Cc1ccc(C)cc1)NC(=O)[C@@H]1Cc2ccccc2CN1C(=O)OCc1ccccc1. The highest BCUT2D eigenvalue weighted by Crippen LogP contribution is 2.25. The quantitative estimate of drug-likeness (QED) is 0.511. The monoisotopic (exact) mass is 486 g/mol. The van der Waals surface area contributed by atoms with E-state index >= 15 is 0 Å². The Morgan fingerprint density at radius 1 is 0.917 bits per heavy atom. The Bertz CT molecular complexity index is 1210. The number of aryl methyl sites for hydroxylation is 1. The third-order valence-electron chi connectivity index (χ3n) is 6.35. The summed E-state index contributed by atoms with van der Waals surface area (Å²) in [4.78, 5) is 40.6. The average molecular weight is 487 g/mol. The molecule has 7 nitrogen and oxygen atoms in total. The predicted octanol–water partition coefficient (Wildman–Crippen LogP) is 3.96. The molecule has 0 radical (unpaired) electrons. The maximum atomic E-state index is 13.5. The fourth-order valence-electron chi connectivity index (χ4n) is 4.31. The lowest BCUT2D eigenvalue weighted by Gasteiger charge is -2.35. The average Bonchev–Trinajstić information content (AvgIpc) is 2.91. The van der Waals surface area contributed by atoms with Crippen molar-refractivity contribution >= 4 is 18.0 Å². The number of rotatable bonds is 7. The second-order valence-corrected chi connectivity index (χ2v) is 8.93. The molecule has 0 aliphatic carbocycles. The number of carbonyl (C=O) groups excluding carboxylic acids is 3. The Morgan fingerprint density at radius 3 is 2.28 bits per heavy atom. The summed E-state index contributed by atoms with van der Waals surface area (Å²) >= 11 is 0. The summed E-state index contributed by atoms with van der Waals surface area (Å²) in [5.41, 5.74) is 4.79. The molecule has 0 unspecified atom stereocenters. The van der Waals surface area contributed by atoms with Gasteiger partial charge in [-0.05, 0) is 29.2 Å². The fraction of sp³-hybridized carbons (Fsp3) is 0.276. The van der Waals surface area contributed by atoms with Crippen LogP contribution < -0.4 is 5.32 Å². The van der Waals surface area contributed by atoms with E-state index in [4.69, 9.17) is 9.47 Å². The third-order valence-corrected chi connectivity index (χ3v) is 6.35. The number of ether oxygens (including phenoxy) is 2. The minimum absolute atomic E-state index is 0.102. The standard InChI is InChI=1S/C29H30N2O5/c1-20-12-14-21(15-13-20)16-25(28(33)35-2)30-27(32)26-17-23-10-6-7-11-24(23)18-31(26)29(34)36-19-22-8-4-3-5-9-22/h3-15,25-26H,16-19H2,1-2H3,(H,30,32)/t25-,26+/m1/s1. The van der Waals surface area contributed by atoms with Crippen molar-refractivity contribution in [1.82, 2.24) is 10.2 Å². The van der Waals surface area contributed by atoms with Gasteiger partial charge in [-0.2, -0.15) is 0 Å². The molecule has 0 fully saturated rings. The fourth-order valence-corrected chi connectivity index (χ4v) is 4.31. The van der Waals surface area contributed by atoms with E-state index in [0.717, 1.165) is 27.8 Å². The predicted molar refractivity (Wildman–Crippen MR) is 135 cm³/mol. The second-order valence-electron chi connectivity index (χ2n) is 8.93. The minimum atomic E-state index is -0.885. The van der Waals surface area contributed by atoms with Crippen LogP contribution in [0.25, 0.3) is 0 Å². The number of esters is 1. The second kappa shape index (κ2) is 11.5. The van der Waals surface area contributed by atoms with Gasteiger partial charge in [0.1, 0.15) is 18.7 Å². The molecule has 4 rings (SSSR count). The lowest BCUT2D eigenvalue weighted by molar-refractivity contribution is -0.145. The molecule has 0 bridgehead atoms. The largest absolute Gasteiger partial charge is 0.467 e. The molecule has 36 heavy (non-hydrogen) atoms. The highest BCUT2D eigenvalue weighted by Gasteiger charge is 2.37. The zero-order chi connectivity index (χ0) is 25.5. The Kier molecular flexibility index (Phi) is 8.00. The van der Waals surface area contributed by atoms with E-state index in [1.165, 1.54) is 12.0 Å². The first-order valence-electron chi connectivity index (χ1n) is 11.9. The van der Waals surface area contributed by atoms with Gasteiger partial charge >= 0.3 is 12.1 Å². The lowest BCUT2D eigenvalue weighted by atomic mass is 9.93. The van der Waals surface area contributed by atoms with E-state index in [2.05, 4.69) is 5.32 Å². The Balaban J connectivity index is 1.52. The smallest absolute Gasteiger partial charge is 0.411 e. The van der Waals surface area contributed by atoms with Crippen LogP contribution in [0.4, 0.5) is 4.79 Å². The normalized spacial score (nSPS) is 15.4. The molecule has 1 heterocycles. The molecule has 0 saturated heterocycles. The molecule has 0 aromatic heterocycles. The number of hydrogen-bond donors (Lipinski definition) is 1. The summed E-state index contributed by atoms with van der Waals surface area (Å²) in [5, 5.41) is 2.83. The van der Waals surface area contributed by atoms with Gasteiger partial charge in [-0.25, -0.2) is 9.59 Å². The van der Waals surface area contributed by atoms with Crippen molar-refractivity contribution in [3.63, 3.8) is 0 Å². The zero-order valence-corrected chi connectivity index (χ0v) is 20.5. The number of amides is 2. The van der Waals surface area contributed by atoms with E-state index in [1.54, 1.807) is 0 Å². The topological polar surface area (TPSA) is 84.9 Å². The summed E-state index contributed by atoms with van der Waals surface area (Å²) in [6.45, 7) is 2.32. The van der Waals surface area contributed by atoms with Crippen LogP contribution >= 0.6 is 0 Å². The van der Waals surface area contributed by atoms with Gasteiger partial charge in [-0.3, -0.25) is 9.69 Å². The van der Waals surface area contributed by atoms with Crippen LogP contribution in [0.5, 0.6) is 0 Å². The van der Waals surface area contributed by atoms with Crippen molar-refractivity contribution in [2.24, 2.45) is 0 Å². The van der Waals surface area contributed by atoms with E-state index in [9.17, 15) is 14.4 Å². The summed E-state index contributed by atoms with van der Waals surface area (Å²) in [7, 11) is 1.29. The number of carbonyl (C=O) groups is 3. The molecule has 1 aliphatic rings. The Hall–Kier alpha value is -4.13. The van der Waals surface area contributed by atoms with Gasteiger partial charge < -0.3 is 14.8 Å². The van der Waals surface area contributed by atoms with E-state index in [0.29, 0.717) is 6.42 Å². The van der Waals surface area contributed by atoms with Gasteiger partial charge in [0.15, 0.2) is 0 Å². The van der Waals surface area contributed by atoms with Crippen LogP contribution in [0, 0.1) is 6.92 Å². The third kappa shape index (κ3) is 6.10. The first-order valence-corrected chi connectivity index (χ1v) is 11.9. The molecular formula is C29H30N2O5. The van der Waals surface area contributed by atoms with Gasteiger partial charge in [0.2, 0.25) is 5.91 Å². The molecule has 1 aliphatic heterocycles. The molecule has 0 saturated carbocycles. The van der Waals surface area contributed by atoms with Crippen LogP contribution in [0.1, 0.15) is 27.8 Å². The molecular weight excluding hydrogens is 456 g/mol. The summed E-state index contributed by atoms with van der Waals surface area (Å²) in [6, 6.07) is 23.1.